The lowest BCUT2D eigenvalue weighted by Gasteiger charge is -2.19. The van der Waals surface area contributed by atoms with Crippen LogP contribution in [0.4, 0.5) is 15.9 Å². The van der Waals surface area contributed by atoms with Crippen LogP contribution in [-0.4, -0.2) is 22.6 Å². The quantitative estimate of drug-likeness (QED) is 0.391. The van der Waals surface area contributed by atoms with Crippen LogP contribution in [0.5, 0.6) is 11.5 Å². The fourth-order valence-electron chi connectivity index (χ4n) is 3.26. The predicted octanol–water partition coefficient (Wildman–Crippen LogP) is 6.07. The number of rotatable bonds is 3. The lowest BCUT2D eigenvalue weighted by Crippen LogP contribution is -2.15. The molecule has 2 aromatic carbocycles. The number of pyridine rings is 1. The van der Waals surface area contributed by atoms with Gasteiger partial charge in [0.15, 0.2) is 11.5 Å². The van der Waals surface area contributed by atoms with E-state index in [-0.39, 0.29) is 5.82 Å². The van der Waals surface area contributed by atoms with Crippen LogP contribution in [0.25, 0.3) is 16.9 Å². The summed E-state index contributed by atoms with van der Waals surface area (Å²) in [5, 5.41) is 3.89. The Balaban J connectivity index is 1.67. The normalized spacial score (nSPS) is 12.9. The van der Waals surface area contributed by atoms with Crippen LogP contribution in [0.3, 0.4) is 0 Å². The minimum atomic E-state index is -0.368. The fraction of sp³-hybridized carbons (Fsp3) is 0.0952. The number of hydrogen-bond donors (Lipinski definition) is 1. The molecular weight excluding hydrogens is 461 g/mol. The van der Waals surface area contributed by atoms with Gasteiger partial charge < -0.3 is 14.8 Å². The average Bonchev–Trinajstić information content (AvgIpc) is 3.07. The van der Waals surface area contributed by atoms with Crippen molar-refractivity contribution in [3.63, 3.8) is 0 Å². The smallest absolute Gasteiger partial charge is 0.163 e. The highest BCUT2D eigenvalue weighted by atomic mass is 79.9. The maximum atomic E-state index is 14.6. The third-order valence-corrected chi connectivity index (χ3v) is 5.29. The Morgan fingerprint density at radius 3 is 2.72 bits per heavy atom. The molecule has 2 aromatic heterocycles. The zero-order chi connectivity index (χ0) is 20.0. The molecule has 0 unspecified atom stereocenters. The van der Waals surface area contributed by atoms with Crippen LogP contribution in [0, 0.1) is 5.82 Å². The molecule has 0 spiro atoms. The van der Waals surface area contributed by atoms with Crippen LogP contribution < -0.4 is 14.8 Å². The molecular formula is C21H14BrClFN3O2. The summed E-state index contributed by atoms with van der Waals surface area (Å²) in [7, 11) is 0. The topological polar surface area (TPSA) is 47.8 Å². The molecule has 0 aliphatic carbocycles. The minimum absolute atomic E-state index is 0.368. The molecule has 1 N–H and O–H groups in total. The molecule has 5 nitrogen and oxygen atoms in total. The van der Waals surface area contributed by atoms with Gasteiger partial charge in [-0.1, -0.05) is 27.5 Å². The van der Waals surface area contributed by atoms with E-state index < -0.39 is 0 Å². The third-order valence-electron chi connectivity index (χ3n) is 4.57. The van der Waals surface area contributed by atoms with Crippen molar-refractivity contribution in [2.24, 2.45) is 0 Å². The van der Waals surface area contributed by atoms with Crippen molar-refractivity contribution in [3.8, 4) is 22.8 Å². The monoisotopic (exact) mass is 473 g/mol. The number of anilines is 2. The third kappa shape index (κ3) is 3.41. The maximum Gasteiger partial charge on any atom is 0.163 e. The summed E-state index contributed by atoms with van der Waals surface area (Å²) in [5.41, 5.74) is 2.25. The first-order chi connectivity index (χ1) is 14.1. The Morgan fingerprint density at radius 1 is 1.03 bits per heavy atom. The van der Waals surface area contributed by atoms with E-state index >= 15 is 0 Å². The van der Waals surface area contributed by atoms with Crippen molar-refractivity contribution in [1.29, 1.82) is 0 Å². The van der Waals surface area contributed by atoms with Crippen molar-refractivity contribution in [3.05, 3.63) is 70.0 Å². The molecule has 8 heteroatoms. The SMILES string of the molecule is Fc1ccc(Br)cc1-c1nc2ccc(Cl)cn2c1Nc1ccc2c(c1)OCCO2. The largest absolute Gasteiger partial charge is 0.486 e. The summed E-state index contributed by atoms with van der Waals surface area (Å²) in [6.45, 7) is 1.02. The van der Waals surface area contributed by atoms with Crippen LogP contribution in [0.2, 0.25) is 5.02 Å². The highest BCUT2D eigenvalue weighted by Gasteiger charge is 2.19. The zero-order valence-corrected chi connectivity index (χ0v) is 17.3. The number of nitrogens with zero attached hydrogens (tertiary/aromatic N) is 2. The second-order valence-electron chi connectivity index (χ2n) is 6.49. The first-order valence-electron chi connectivity index (χ1n) is 8.88. The van der Waals surface area contributed by atoms with Crippen molar-refractivity contribution < 1.29 is 13.9 Å². The molecule has 0 saturated heterocycles. The number of hydrogen-bond acceptors (Lipinski definition) is 4. The van der Waals surface area contributed by atoms with Gasteiger partial charge in [-0.3, -0.25) is 4.40 Å². The molecule has 29 heavy (non-hydrogen) atoms. The molecule has 0 saturated carbocycles. The average molecular weight is 475 g/mol. The molecule has 0 bridgehead atoms. The number of aromatic nitrogens is 2. The molecule has 0 amide bonds. The molecule has 1 aliphatic rings. The second kappa shape index (κ2) is 7.24. The Bertz CT molecular complexity index is 1240. The van der Waals surface area contributed by atoms with Crippen LogP contribution in [0.15, 0.2) is 59.2 Å². The predicted molar refractivity (Wildman–Crippen MR) is 114 cm³/mol. The highest BCUT2D eigenvalue weighted by Crippen LogP contribution is 2.37. The number of halogens is 3. The number of imidazole rings is 1. The van der Waals surface area contributed by atoms with E-state index in [4.69, 9.17) is 21.1 Å². The van der Waals surface area contributed by atoms with Gasteiger partial charge in [0.05, 0.1) is 5.02 Å². The summed E-state index contributed by atoms with van der Waals surface area (Å²) in [6, 6.07) is 13.9. The van der Waals surface area contributed by atoms with Crippen LogP contribution in [-0.2, 0) is 0 Å². The molecule has 146 valence electrons. The van der Waals surface area contributed by atoms with E-state index in [0.29, 0.717) is 52.5 Å². The number of nitrogens with one attached hydrogen (secondary N) is 1. The summed E-state index contributed by atoms with van der Waals surface area (Å²) >= 11 is 9.61. The van der Waals surface area contributed by atoms with Gasteiger partial charge in [-0.2, -0.15) is 0 Å². The van der Waals surface area contributed by atoms with Crippen LogP contribution >= 0.6 is 27.5 Å². The van der Waals surface area contributed by atoms with Gasteiger partial charge in [-0.15, -0.1) is 0 Å². The van der Waals surface area contributed by atoms with Gasteiger partial charge in [0, 0.05) is 28.0 Å². The molecule has 0 radical (unpaired) electrons. The molecule has 0 atom stereocenters. The van der Waals surface area contributed by atoms with Gasteiger partial charge >= 0.3 is 0 Å². The summed E-state index contributed by atoms with van der Waals surface area (Å²) in [4.78, 5) is 4.63. The van der Waals surface area contributed by atoms with Gasteiger partial charge in [0.1, 0.15) is 36.2 Å². The summed E-state index contributed by atoms with van der Waals surface area (Å²) in [5.74, 6) is 1.58. The van der Waals surface area contributed by atoms with E-state index in [9.17, 15) is 4.39 Å². The standard InChI is InChI=1S/C21H14BrClFN3O2/c22-12-1-4-16(24)15(9-12)20-21(27-11-13(23)2-6-19(27)26-20)25-14-3-5-17-18(10-14)29-8-7-28-17/h1-6,9-11,25H,7-8H2. The van der Waals surface area contributed by atoms with Gasteiger partial charge in [-0.05, 0) is 42.5 Å². The molecule has 4 aromatic rings. The van der Waals surface area contributed by atoms with Gasteiger partial charge in [-0.25, -0.2) is 9.37 Å². The Hall–Kier alpha value is -2.77. The van der Waals surface area contributed by atoms with E-state index in [1.807, 2.05) is 18.2 Å². The maximum absolute atomic E-state index is 14.6. The van der Waals surface area contributed by atoms with Crippen molar-refractivity contribution in [2.75, 3.05) is 18.5 Å². The Morgan fingerprint density at radius 2 is 1.86 bits per heavy atom. The highest BCUT2D eigenvalue weighted by molar-refractivity contribution is 9.10. The number of ether oxygens (including phenoxy) is 2. The van der Waals surface area contributed by atoms with Crippen molar-refractivity contribution >= 4 is 44.7 Å². The lowest BCUT2D eigenvalue weighted by molar-refractivity contribution is 0.171. The van der Waals surface area contributed by atoms with Gasteiger partial charge in [0.25, 0.3) is 0 Å². The fourth-order valence-corrected chi connectivity index (χ4v) is 3.78. The first kappa shape index (κ1) is 18.3. The summed E-state index contributed by atoms with van der Waals surface area (Å²) in [6.07, 6.45) is 1.74. The minimum Gasteiger partial charge on any atom is -0.486 e. The number of fused-ring (bicyclic) bond motifs is 2. The van der Waals surface area contributed by atoms with E-state index in [0.717, 1.165) is 10.2 Å². The Kier molecular flexibility index (Phi) is 4.56. The van der Waals surface area contributed by atoms with E-state index in [2.05, 4.69) is 26.2 Å². The molecule has 0 fully saturated rings. The summed E-state index contributed by atoms with van der Waals surface area (Å²) < 4.78 is 28.4. The second-order valence-corrected chi connectivity index (χ2v) is 7.84. The van der Waals surface area contributed by atoms with Crippen molar-refractivity contribution in [1.82, 2.24) is 9.38 Å². The lowest BCUT2D eigenvalue weighted by atomic mass is 10.1. The molecule has 1 aliphatic heterocycles. The first-order valence-corrected chi connectivity index (χ1v) is 10.1. The zero-order valence-electron chi connectivity index (χ0n) is 15.0. The number of benzene rings is 2. The van der Waals surface area contributed by atoms with E-state index in [1.165, 1.54) is 6.07 Å². The Labute approximate surface area is 179 Å². The molecule has 3 heterocycles. The van der Waals surface area contributed by atoms with Crippen LogP contribution in [0.1, 0.15) is 0 Å². The van der Waals surface area contributed by atoms with Gasteiger partial charge in [0.2, 0.25) is 0 Å². The van der Waals surface area contributed by atoms with E-state index in [1.54, 1.807) is 34.9 Å². The molecule has 5 rings (SSSR count). The van der Waals surface area contributed by atoms with Crippen molar-refractivity contribution in [2.45, 2.75) is 0 Å².